The average molecular weight is 491 g/mol. The molecule has 1 saturated heterocycles. The van der Waals surface area contributed by atoms with Gasteiger partial charge < -0.3 is 19.3 Å². The van der Waals surface area contributed by atoms with E-state index in [1.54, 1.807) is 21.1 Å². The number of hydrogen-bond donors (Lipinski definition) is 0. The molecule has 2 fully saturated rings. The summed E-state index contributed by atoms with van der Waals surface area (Å²) < 4.78 is 11.5. The van der Waals surface area contributed by atoms with Gasteiger partial charge in [0.2, 0.25) is 5.91 Å². The van der Waals surface area contributed by atoms with E-state index in [1.807, 2.05) is 6.07 Å². The van der Waals surface area contributed by atoms with Crippen molar-refractivity contribution in [2.45, 2.75) is 88.8 Å². The van der Waals surface area contributed by atoms with Gasteiger partial charge in [-0.25, -0.2) is 0 Å². The van der Waals surface area contributed by atoms with Crippen molar-refractivity contribution in [1.82, 2.24) is 9.80 Å². The van der Waals surface area contributed by atoms with Crippen LogP contribution in [0.15, 0.2) is 42.5 Å². The molecule has 1 amide bonds. The molecule has 5 heteroatoms. The molecule has 1 spiro atoms. The molecule has 194 valence electrons. The molecule has 0 N–H and O–H groups in total. The molecule has 0 aromatic heterocycles. The molecule has 2 aromatic carbocycles. The second-order valence-electron chi connectivity index (χ2n) is 11.1. The van der Waals surface area contributed by atoms with E-state index in [1.165, 1.54) is 48.8 Å². The quantitative estimate of drug-likeness (QED) is 0.468. The highest BCUT2D eigenvalue weighted by Gasteiger charge is 2.49. The largest absolute Gasteiger partial charge is 0.493 e. The fourth-order valence-electron chi connectivity index (χ4n) is 7.36. The van der Waals surface area contributed by atoms with Crippen LogP contribution in [0.2, 0.25) is 0 Å². The minimum atomic E-state index is -0.00729. The molecule has 0 radical (unpaired) electrons. The Morgan fingerprint density at radius 1 is 1.00 bits per heavy atom. The zero-order valence-electron chi connectivity index (χ0n) is 22.5. The lowest BCUT2D eigenvalue weighted by Gasteiger charge is -2.45. The molecule has 5 rings (SSSR count). The lowest BCUT2D eigenvalue weighted by atomic mass is 9.73. The van der Waals surface area contributed by atoms with Crippen LogP contribution >= 0.6 is 0 Å². The minimum absolute atomic E-state index is 0.00729. The first-order chi connectivity index (χ1) is 17.5. The molecule has 1 heterocycles. The maximum Gasteiger partial charge on any atom is 0.220 e. The second kappa shape index (κ2) is 10.5. The minimum Gasteiger partial charge on any atom is -0.493 e. The van der Waals surface area contributed by atoms with E-state index in [-0.39, 0.29) is 23.4 Å². The fourth-order valence-corrected chi connectivity index (χ4v) is 7.36. The average Bonchev–Trinajstić information content (AvgIpc) is 3.21. The number of hydrogen-bond acceptors (Lipinski definition) is 4. The van der Waals surface area contributed by atoms with Crippen LogP contribution in [0.5, 0.6) is 11.5 Å². The van der Waals surface area contributed by atoms with Crippen LogP contribution in [0.25, 0.3) is 0 Å². The van der Waals surface area contributed by atoms with Crippen molar-refractivity contribution < 1.29 is 14.3 Å². The molecule has 0 bridgehead atoms. The SMILES string of the molecule is COc1cc2c(cc1OC)C1(CCN(C3CCCCC3)CC1)C[C@@H]2N(C(C)=O)[C@@H](C)c1ccccc1. The van der Waals surface area contributed by atoms with Crippen LogP contribution in [-0.4, -0.2) is 49.1 Å². The first-order valence-corrected chi connectivity index (χ1v) is 13.8. The molecule has 2 aromatic rings. The summed E-state index contributed by atoms with van der Waals surface area (Å²) in [4.78, 5) is 18.1. The highest BCUT2D eigenvalue weighted by atomic mass is 16.5. The van der Waals surface area contributed by atoms with Crippen LogP contribution < -0.4 is 9.47 Å². The number of methoxy groups -OCH3 is 2. The lowest BCUT2D eigenvalue weighted by molar-refractivity contribution is -0.134. The summed E-state index contributed by atoms with van der Waals surface area (Å²) in [6.07, 6.45) is 10.1. The normalized spacial score (nSPS) is 22.7. The summed E-state index contributed by atoms with van der Waals surface area (Å²) in [6, 6.07) is 15.5. The Balaban J connectivity index is 1.51. The van der Waals surface area contributed by atoms with E-state index in [0.29, 0.717) is 0 Å². The monoisotopic (exact) mass is 490 g/mol. The summed E-state index contributed by atoms with van der Waals surface area (Å²) in [5, 5.41) is 0. The molecule has 36 heavy (non-hydrogen) atoms. The van der Waals surface area contributed by atoms with E-state index in [9.17, 15) is 4.79 Å². The Kier molecular flexibility index (Phi) is 7.30. The molecule has 0 unspecified atom stereocenters. The van der Waals surface area contributed by atoms with Crippen molar-refractivity contribution in [3.05, 3.63) is 59.2 Å². The number of carbonyl (C=O) groups excluding carboxylic acids is 1. The predicted octanol–water partition coefficient (Wildman–Crippen LogP) is 6.42. The number of nitrogens with zero attached hydrogens (tertiary/aromatic N) is 2. The summed E-state index contributed by atoms with van der Waals surface area (Å²) in [6.45, 7) is 6.16. The Morgan fingerprint density at radius 3 is 2.25 bits per heavy atom. The van der Waals surface area contributed by atoms with Gasteiger partial charge in [0.05, 0.1) is 26.3 Å². The van der Waals surface area contributed by atoms with Gasteiger partial charge in [-0.3, -0.25) is 4.79 Å². The number of ether oxygens (including phenoxy) is 2. The third-order valence-corrected chi connectivity index (χ3v) is 9.32. The summed E-state index contributed by atoms with van der Waals surface area (Å²) in [5.41, 5.74) is 3.83. The Bertz CT molecular complexity index is 1050. The summed E-state index contributed by atoms with van der Waals surface area (Å²) in [7, 11) is 3.41. The van der Waals surface area contributed by atoms with Gasteiger partial charge in [0.1, 0.15) is 0 Å². The maximum absolute atomic E-state index is 13.2. The number of rotatable bonds is 6. The third kappa shape index (κ3) is 4.51. The van der Waals surface area contributed by atoms with E-state index in [4.69, 9.17) is 9.47 Å². The smallest absolute Gasteiger partial charge is 0.220 e. The van der Waals surface area contributed by atoms with Crippen LogP contribution in [0.4, 0.5) is 0 Å². The van der Waals surface area contributed by atoms with Crippen molar-refractivity contribution >= 4 is 5.91 Å². The summed E-state index contributed by atoms with van der Waals surface area (Å²) in [5.74, 6) is 1.65. The number of carbonyl (C=O) groups is 1. The van der Waals surface area contributed by atoms with Gasteiger partial charge in [0.25, 0.3) is 0 Å². The van der Waals surface area contributed by atoms with Crippen LogP contribution in [0.3, 0.4) is 0 Å². The van der Waals surface area contributed by atoms with Crippen LogP contribution in [0.1, 0.15) is 94.0 Å². The van der Waals surface area contributed by atoms with Gasteiger partial charge >= 0.3 is 0 Å². The number of piperidine rings is 1. The first-order valence-electron chi connectivity index (χ1n) is 13.8. The van der Waals surface area contributed by atoms with E-state index in [0.717, 1.165) is 49.9 Å². The van der Waals surface area contributed by atoms with E-state index in [2.05, 4.69) is 53.1 Å². The fraction of sp³-hybridized carbons (Fsp3) is 0.581. The Morgan fingerprint density at radius 2 is 1.64 bits per heavy atom. The van der Waals surface area contributed by atoms with Crippen LogP contribution in [0, 0.1) is 0 Å². The molecule has 2 aliphatic carbocycles. The number of likely N-dealkylation sites (tertiary alicyclic amines) is 1. The summed E-state index contributed by atoms with van der Waals surface area (Å²) >= 11 is 0. The maximum atomic E-state index is 13.2. The Hall–Kier alpha value is -2.53. The van der Waals surface area contributed by atoms with Gasteiger partial charge in [0.15, 0.2) is 11.5 Å². The van der Waals surface area contributed by atoms with Crippen molar-refractivity contribution in [3.8, 4) is 11.5 Å². The molecular formula is C31H42N2O3. The van der Waals surface area contributed by atoms with Gasteiger partial charge in [-0.15, -0.1) is 0 Å². The van der Waals surface area contributed by atoms with Crippen molar-refractivity contribution in [3.63, 3.8) is 0 Å². The number of fused-ring (bicyclic) bond motifs is 2. The molecule has 2 atom stereocenters. The zero-order chi connectivity index (χ0) is 25.3. The highest BCUT2D eigenvalue weighted by molar-refractivity contribution is 5.75. The Labute approximate surface area is 216 Å². The standard InChI is InChI=1S/C31H42N2O3/c1-22(24-11-7-5-8-12-24)33(23(2)34)28-21-31(27-20-30(36-4)29(35-3)19-26(27)28)15-17-32(18-16-31)25-13-9-6-10-14-25/h5,7-8,11-12,19-20,22,25,28H,6,9-10,13-18,21H2,1-4H3/t22-,28-/m0/s1. The zero-order valence-corrected chi connectivity index (χ0v) is 22.5. The topological polar surface area (TPSA) is 42.0 Å². The van der Waals surface area contributed by atoms with E-state index < -0.39 is 0 Å². The second-order valence-corrected chi connectivity index (χ2v) is 11.1. The van der Waals surface area contributed by atoms with Gasteiger partial charge in [-0.05, 0) is 80.9 Å². The van der Waals surface area contributed by atoms with Gasteiger partial charge in [0, 0.05) is 18.4 Å². The first kappa shape index (κ1) is 25.1. The number of amides is 1. The lowest BCUT2D eigenvalue weighted by Crippen LogP contribution is -2.47. The number of benzene rings is 2. The van der Waals surface area contributed by atoms with E-state index >= 15 is 0 Å². The molecule has 1 saturated carbocycles. The molecule has 1 aliphatic heterocycles. The third-order valence-electron chi connectivity index (χ3n) is 9.32. The molecule has 3 aliphatic rings. The van der Waals surface area contributed by atoms with Gasteiger partial charge in [-0.1, -0.05) is 49.6 Å². The van der Waals surface area contributed by atoms with Gasteiger partial charge in [-0.2, -0.15) is 0 Å². The van der Waals surface area contributed by atoms with Crippen molar-refractivity contribution in [1.29, 1.82) is 0 Å². The van der Waals surface area contributed by atoms with Crippen molar-refractivity contribution in [2.75, 3.05) is 27.3 Å². The van der Waals surface area contributed by atoms with Crippen LogP contribution in [-0.2, 0) is 10.2 Å². The molecular weight excluding hydrogens is 448 g/mol. The van der Waals surface area contributed by atoms with Crippen molar-refractivity contribution in [2.24, 2.45) is 0 Å². The highest BCUT2D eigenvalue weighted by Crippen LogP contribution is 2.56. The molecule has 5 nitrogen and oxygen atoms in total. The predicted molar refractivity (Wildman–Crippen MR) is 144 cm³/mol.